The monoisotopic (exact) mass is 571 g/mol. The zero-order valence-electron chi connectivity index (χ0n) is 22.3. The Hall–Kier alpha value is -4.63. The molecule has 1 aliphatic rings. The second kappa shape index (κ2) is 11.9. The Balaban J connectivity index is 1.36. The number of carbonyl (C=O) groups is 2. The number of benzene rings is 4. The Bertz CT molecular complexity index is 1640. The van der Waals surface area contributed by atoms with Crippen molar-refractivity contribution in [3.8, 4) is 16.9 Å². The number of amides is 1. The standard InChI is InChI=1S/C32H29NO7S/c1-2-39-31(35)29(18-21-16-17-22(34)19-30(21)41(37,38)23-10-4-3-5-11-23)33-32(36)40-20-28-26-14-8-6-12-24(26)25-13-7-9-15-27(25)28/h3-17,19,28-29,34H,2,18,20H2,1H3,(H,33,36)/t29-/m0/s1. The van der Waals surface area contributed by atoms with Crippen LogP contribution in [0.3, 0.4) is 0 Å². The summed E-state index contributed by atoms with van der Waals surface area (Å²) in [5.41, 5.74) is 4.48. The Kier molecular flexibility index (Phi) is 8.07. The summed E-state index contributed by atoms with van der Waals surface area (Å²) in [4.78, 5) is 25.7. The number of hydrogen-bond donors (Lipinski definition) is 2. The average molecular weight is 572 g/mol. The van der Waals surface area contributed by atoms with E-state index in [-0.39, 0.29) is 46.7 Å². The normalized spacial score (nSPS) is 13.1. The summed E-state index contributed by atoms with van der Waals surface area (Å²) in [6.07, 6.45) is -1.04. The molecule has 4 aromatic carbocycles. The second-order valence-corrected chi connectivity index (χ2v) is 11.5. The van der Waals surface area contributed by atoms with E-state index in [1.54, 1.807) is 25.1 Å². The lowest BCUT2D eigenvalue weighted by atomic mass is 9.98. The summed E-state index contributed by atoms with van der Waals surface area (Å²) >= 11 is 0. The topological polar surface area (TPSA) is 119 Å². The van der Waals surface area contributed by atoms with E-state index in [1.165, 1.54) is 24.3 Å². The van der Waals surface area contributed by atoms with E-state index < -0.39 is 27.9 Å². The van der Waals surface area contributed by atoms with Crippen LogP contribution in [0.15, 0.2) is 107 Å². The van der Waals surface area contributed by atoms with Crippen LogP contribution in [0.5, 0.6) is 5.75 Å². The van der Waals surface area contributed by atoms with Crippen LogP contribution >= 0.6 is 0 Å². The fraction of sp³-hybridized carbons (Fsp3) is 0.188. The van der Waals surface area contributed by atoms with Gasteiger partial charge in [-0.05, 0) is 59.0 Å². The van der Waals surface area contributed by atoms with Crippen molar-refractivity contribution in [3.05, 3.63) is 114 Å². The van der Waals surface area contributed by atoms with Crippen LogP contribution in [0, 0.1) is 0 Å². The first-order chi connectivity index (χ1) is 19.8. The molecule has 5 rings (SSSR count). The van der Waals surface area contributed by atoms with Crippen molar-refractivity contribution in [3.63, 3.8) is 0 Å². The highest BCUT2D eigenvalue weighted by molar-refractivity contribution is 7.91. The molecule has 0 spiro atoms. The molecule has 0 heterocycles. The average Bonchev–Trinajstić information content (AvgIpc) is 3.30. The molecular formula is C32H29NO7S. The smallest absolute Gasteiger partial charge is 0.407 e. The fourth-order valence-electron chi connectivity index (χ4n) is 5.13. The van der Waals surface area contributed by atoms with E-state index in [9.17, 15) is 23.1 Å². The Morgan fingerprint density at radius 2 is 1.46 bits per heavy atom. The summed E-state index contributed by atoms with van der Waals surface area (Å²) in [5, 5.41) is 12.7. The van der Waals surface area contributed by atoms with Crippen LogP contribution < -0.4 is 5.32 Å². The zero-order valence-corrected chi connectivity index (χ0v) is 23.1. The summed E-state index contributed by atoms with van der Waals surface area (Å²) in [6.45, 7) is 1.74. The molecule has 0 aliphatic heterocycles. The van der Waals surface area contributed by atoms with Gasteiger partial charge in [0.2, 0.25) is 9.84 Å². The first-order valence-corrected chi connectivity index (χ1v) is 14.7. The number of carbonyl (C=O) groups excluding carboxylic acids is 2. The quantitative estimate of drug-likeness (QED) is 0.264. The van der Waals surface area contributed by atoms with E-state index in [4.69, 9.17) is 9.47 Å². The van der Waals surface area contributed by atoms with Gasteiger partial charge in [0, 0.05) is 12.3 Å². The summed E-state index contributed by atoms with van der Waals surface area (Å²) in [7, 11) is -4.04. The number of nitrogens with one attached hydrogen (secondary N) is 1. The predicted molar refractivity (Wildman–Crippen MR) is 152 cm³/mol. The Labute approximate surface area is 238 Å². The predicted octanol–water partition coefficient (Wildman–Crippen LogP) is 5.24. The third-order valence-corrected chi connectivity index (χ3v) is 8.88. The van der Waals surface area contributed by atoms with Gasteiger partial charge in [-0.3, -0.25) is 0 Å². The van der Waals surface area contributed by atoms with Gasteiger partial charge in [0.1, 0.15) is 18.4 Å². The molecule has 9 heteroatoms. The van der Waals surface area contributed by atoms with Gasteiger partial charge in [-0.15, -0.1) is 0 Å². The lowest BCUT2D eigenvalue weighted by Gasteiger charge is -2.20. The SMILES string of the molecule is CCOC(=O)[C@H](Cc1ccc(O)cc1S(=O)(=O)c1ccccc1)NC(=O)OCC1c2ccccc2-c2ccccc21. The van der Waals surface area contributed by atoms with Crippen molar-refractivity contribution in [1.29, 1.82) is 0 Å². The number of rotatable bonds is 9. The molecule has 1 amide bonds. The van der Waals surface area contributed by atoms with Crippen LogP contribution in [0.25, 0.3) is 11.1 Å². The molecule has 2 N–H and O–H groups in total. The van der Waals surface area contributed by atoms with Gasteiger partial charge in [0.25, 0.3) is 0 Å². The molecule has 1 atom stereocenters. The first kappa shape index (κ1) is 27.9. The maximum Gasteiger partial charge on any atom is 0.407 e. The molecule has 0 radical (unpaired) electrons. The summed E-state index contributed by atoms with van der Waals surface area (Å²) < 4.78 is 37.6. The van der Waals surface area contributed by atoms with Gasteiger partial charge >= 0.3 is 12.1 Å². The number of sulfone groups is 1. The molecule has 0 unspecified atom stereocenters. The van der Waals surface area contributed by atoms with Gasteiger partial charge in [-0.2, -0.15) is 0 Å². The maximum atomic E-state index is 13.4. The third-order valence-electron chi connectivity index (χ3n) is 7.02. The summed E-state index contributed by atoms with van der Waals surface area (Å²) in [5.74, 6) is -1.16. The molecule has 0 saturated heterocycles. The molecule has 4 aromatic rings. The van der Waals surface area contributed by atoms with Crippen LogP contribution in [0.1, 0.15) is 29.5 Å². The van der Waals surface area contributed by atoms with Crippen molar-refractivity contribution < 1.29 is 32.6 Å². The van der Waals surface area contributed by atoms with Crippen LogP contribution in [-0.4, -0.2) is 44.8 Å². The molecule has 41 heavy (non-hydrogen) atoms. The largest absolute Gasteiger partial charge is 0.508 e. The lowest BCUT2D eigenvalue weighted by Crippen LogP contribution is -2.44. The van der Waals surface area contributed by atoms with E-state index in [1.807, 2.05) is 48.5 Å². The van der Waals surface area contributed by atoms with Crippen molar-refractivity contribution in [2.45, 2.75) is 35.1 Å². The van der Waals surface area contributed by atoms with Crippen molar-refractivity contribution >= 4 is 21.9 Å². The molecular weight excluding hydrogens is 542 g/mol. The number of esters is 1. The molecule has 210 valence electrons. The van der Waals surface area contributed by atoms with Crippen molar-refractivity contribution in [2.24, 2.45) is 0 Å². The van der Waals surface area contributed by atoms with Gasteiger partial charge < -0.3 is 19.9 Å². The van der Waals surface area contributed by atoms with Crippen LogP contribution in [0.4, 0.5) is 4.79 Å². The number of aromatic hydroxyl groups is 1. The molecule has 0 saturated carbocycles. The molecule has 0 fully saturated rings. The highest BCUT2D eigenvalue weighted by Crippen LogP contribution is 2.44. The first-order valence-electron chi connectivity index (χ1n) is 13.2. The number of hydrogen-bond acceptors (Lipinski definition) is 7. The van der Waals surface area contributed by atoms with E-state index >= 15 is 0 Å². The maximum absolute atomic E-state index is 13.4. The second-order valence-electron chi connectivity index (χ2n) is 9.59. The van der Waals surface area contributed by atoms with Gasteiger partial charge in [-0.25, -0.2) is 18.0 Å². The number of ether oxygens (including phenoxy) is 2. The number of fused-ring (bicyclic) bond motifs is 3. The molecule has 8 nitrogen and oxygen atoms in total. The van der Waals surface area contributed by atoms with Crippen LogP contribution in [0.2, 0.25) is 0 Å². The van der Waals surface area contributed by atoms with Gasteiger partial charge in [0.15, 0.2) is 0 Å². The Morgan fingerprint density at radius 1 is 0.854 bits per heavy atom. The van der Waals surface area contributed by atoms with E-state index in [2.05, 4.69) is 5.32 Å². The van der Waals surface area contributed by atoms with Gasteiger partial charge in [0.05, 0.1) is 16.4 Å². The molecule has 0 bridgehead atoms. The fourth-order valence-corrected chi connectivity index (χ4v) is 6.67. The molecule has 1 aliphatic carbocycles. The highest BCUT2D eigenvalue weighted by Gasteiger charge is 2.31. The molecule has 0 aromatic heterocycles. The number of phenolic OH excluding ortho intramolecular Hbond substituents is 1. The van der Waals surface area contributed by atoms with E-state index in [0.29, 0.717) is 0 Å². The van der Waals surface area contributed by atoms with E-state index in [0.717, 1.165) is 28.3 Å². The minimum absolute atomic E-state index is 0.0315. The highest BCUT2D eigenvalue weighted by atomic mass is 32.2. The summed E-state index contributed by atoms with van der Waals surface area (Å²) in [6, 6.07) is 26.3. The van der Waals surface area contributed by atoms with Gasteiger partial charge in [-0.1, -0.05) is 72.8 Å². The number of phenols is 1. The van der Waals surface area contributed by atoms with Crippen LogP contribution in [-0.2, 0) is 30.5 Å². The lowest BCUT2D eigenvalue weighted by molar-refractivity contribution is -0.145. The van der Waals surface area contributed by atoms with Crippen molar-refractivity contribution in [2.75, 3.05) is 13.2 Å². The zero-order chi connectivity index (χ0) is 29.0. The minimum Gasteiger partial charge on any atom is -0.508 e. The number of alkyl carbamates (subject to hydrolysis) is 1. The third kappa shape index (κ3) is 5.81. The van der Waals surface area contributed by atoms with Crippen molar-refractivity contribution in [1.82, 2.24) is 5.32 Å². The Morgan fingerprint density at radius 3 is 2.10 bits per heavy atom. The minimum atomic E-state index is -4.04.